The molecule has 0 aromatic heterocycles. The van der Waals surface area contributed by atoms with Gasteiger partial charge in [0, 0.05) is 44.2 Å². The average Bonchev–Trinajstić information content (AvgIpc) is 3.34. The molecular formula is C17H27N3O. The molecule has 0 bridgehead atoms. The lowest BCUT2D eigenvalue weighted by atomic mass is 9.99. The van der Waals surface area contributed by atoms with Crippen LogP contribution in [0.3, 0.4) is 0 Å². The molecule has 2 aliphatic heterocycles. The maximum absolute atomic E-state index is 12.0. The van der Waals surface area contributed by atoms with Crippen LogP contribution >= 0.6 is 0 Å². The van der Waals surface area contributed by atoms with Gasteiger partial charge in [-0.1, -0.05) is 5.92 Å². The molecule has 1 saturated carbocycles. The summed E-state index contributed by atoms with van der Waals surface area (Å²) in [5, 5.41) is 3.81. The van der Waals surface area contributed by atoms with E-state index in [1.807, 2.05) is 0 Å². The van der Waals surface area contributed by atoms with Gasteiger partial charge in [0.15, 0.2) is 0 Å². The van der Waals surface area contributed by atoms with Crippen LogP contribution in [0.25, 0.3) is 0 Å². The predicted molar refractivity (Wildman–Crippen MR) is 83.8 cm³/mol. The third kappa shape index (κ3) is 3.99. The molecule has 3 fully saturated rings. The van der Waals surface area contributed by atoms with Crippen molar-refractivity contribution in [3.8, 4) is 12.3 Å². The summed E-state index contributed by atoms with van der Waals surface area (Å²) in [6, 6.07) is 1.23. The third-order valence-corrected chi connectivity index (χ3v) is 5.11. The lowest BCUT2D eigenvalue weighted by Crippen LogP contribution is -2.50. The summed E-state index contributed by atoms with van der Waals surface area (Å²) in [4.78, 5) is 16.5. The quantitative estimate of drug-likeness (QED) is 0.787. The highest BCUT2D eigenvalue weighted by Crippen LogP contribution is 2.32. The first-order valence-corrected chi connectivity index (χ1v) is 8.47. The van der Waals surface area contributed by atoms with Crippen LogP contribution in [0, 0.1) is 18.3 Å². The van der Waals surface area contributed by atoms with Gasteiger partial charge in [0.1, 0.15) is 0 Å². The molecule has 2 saturated heterocycles. The number of hydrogen-bond acceptors (Lipinski definition) is 3. The Morgan fingerprint density at radius 3 is 2.10 bits per heavy atom. The topological polar surface area (TPSA) is 35.6 Å². The van der Waals surface area contributed by atoms with Crippen LogP contribution in [0.5, 0.6) is 0 Å². The molecule has 3 aliphatic rings. The van der Waals surface area contributed by atoms with Crippen LogP contribution in [0.4, 0.5) is 0 Å². The highest BCUT2D eigenvalue weighted by atomic mass is 16.2. The second kappa shape index (κ2) is 6.81. The van der Waals surface area contributed by atoms with Gasteiger partial charge in [0.05, 0.1) is 6.54 Å². The lowest BCUT2D eigenvalue weighted by Gasteiger charge is -2.37. The van der Waals surface area contributed by atoms with Gasteiger partial charge in [0.2, 0.25) is 5.91 Å². The predicted octanol–water partition coefficient (Wildman–Crippen LogP) is 1.07. The van der Waals surface area contributed by atoms with Crippen molar-refractivity contribution in [3.05, 3.63) is 0 Å². The van der Waals surface area contributed by atoms with Gasteiger partial charge in [-0.05, 0) is 38.5 Å². The zero-order valence-electron chi connectivity index (χ0n) is 12.9. The summed E-state index contributed by atoms with van der Waals surface area (Å²) < 4.78 is 0. The van der Waals surface area contributed by atoms with Crippen molar-refractivity contribution < 1.29 is 4.79 Å². The molecule has 4 nitrogen and oxygen atoms in total. The smallest absolute Gasteiger partial charge is 0.225 e. The number of nitrogens with one attached hydrogen (secondary N) is 1. The minimum Gasteiger partial charge on any atom is -0.342 e. The molecule has 1 amide bonds. The number of piperidine rings is 2. The molecule has 0 radical (unpaired) electrons. The van der Waals surface area contributed by atoms with Crippen molar-refractivity contribution in [2.24, 2.45) is 5.92 Å². The summed E-state index contributed by atoms with van der Waals surface area (Å²) in [6.07, 6.45) is 12.2. The minimum absolute atomic E-state index is 0.370. The number of carbonyl (C=O) groups excluding carboxylic acids is 1. The van der Waals surface area contributed by atoms with E-state index in [4.69, 9.17) is 6.42 Å². The molecule has 2 heterocycles. The van der Waals surface area contributed by atoms with Gasteiger partial charge in [-0.2, -0.15) is 0 Å². The highest BCUT2D eigenvalue weighted by Gasteiger charge is 2.35. The van der Waals surface area contributed by atoms with E-state index in [1.54, 1.807) is 0 Å². The van der Waals surface area contributed by atoms with E-state index >= 15 is 0 Å². The SMILES string of the molecule is C#CCN1CCC(NC2CCN(C(=O)C3CC3)CC2)CC1. The molecular weight excluding hydrogens is 262 g/mol. The van der Waals surface area contributed by atoms with Crippen molar-refractivity contribution >= 4 is 5.91 Å². The number of hydrogen-bond donors (Lipinski definition) is 1. The van der Waals surface area contributed by atoms with Crippen LogP contribution in [0.2, 0.25) is 0 Å². The zero-order valence-corrected chi connectivity index (χ0v) is 12.9. The van der Waals surface area contributed by atoms with Crippen molar-refractivity contribution in [2.75, 3.05) is 32.7 Å². The van der Waals surface area contributed by atoms with Crippen LogP contribution in [0.15, 0.2) is 0 Å². The monoisotopic (exact) mass is 289 g/mol. The minimum atomic E-state index is 0.370. The second-order valence-corrected chi connectivity index (χ2v) is 6.80. The van der Waals surface area contributed by atoms with E-state index in [0.29, 0.717) is 23.9 Å². The molecule has 0 aromatic carbocycles. The summed E-state index contributed by atoms with van der Waals surface area (Å²) in [5.74, 6) is 3.51. The van der Waals surface area contributed by atoms with Crippen molar-refractivity contribution in [2.45, 2.75) is 50.6 Å². The van der Waals surface area contributed by atoms with E-state index in [-0.39, 0.29) is 0 Å². The fraction of sp³-hybridized carbons (Fsp3) is 0.824. The Bertz CT molecular complexity index is 397. The zero-order chi connectivity index (χ0) is 14.7. The van der Waals surface area contributed by atoms with Gasteiger partial charge in [-0.15, -0.1) is 6.42 Å². The van der Waals surface area contributed by atoms with Gasteiger partial charge in [0.25, 0.3) is 0 Å². The average molecular weight is 289 g/mol. The molecule has 1 N–H and O–H groups in total. The number of nitrogens with zero attached hydrogens (tertiary/aromatic N) is 2. The van der Waals surface area contributed by atoms with E-state index in [9.17, 15) is 4.79 Å². The molecule has 0 unspecified atom stereocenters. The highest BCUT2D eigenvalue weighted by molar-refractivity contribution is 5.81. The van der Waals surface area contributed by atoms with Gasteiger partial charge in [-0.3, -0.25) is 9.69 Å². The van der Waals surface area contributed by atoms with E-state index < -0.39 is 0 Å². The number of amides is 1. The second-order valence-electron chi connectivity index (χ2n) is 6.80. The Balaban J connectivity index is 1.36. The standard InChI is InChI=1S/C17H27N3O/c1-2-9-19-10-5-15(6-11-19)18-16-7-12-20(13-8-16)17(21)14-3-4-14/h1,14-16,18H,3-13H2. The number of terminal acetylenes is 1. The molecule has 4 heteroatoms. The normalized spacial score (nSPS) is 25.8. The molecule has 0 aromatic rings. The molecule has 1 aliphatic carbocycles. The first kappa shape index (κ1) is 14.9. The van der Waals surface area contributed by atoms with E-state index in [1.165, 1.54) is 12.8 Å². The van der Waals surface area contributed by atoms with Crippen LogP contribution < -0.4 is 5.32 Å². The fourth-order valence-corrected chi connectivity index (χ4v) is 3.58. The maximum atomic E-state index is 12.0. The first-order chi connectivity index (χ1) is 10.3. The molecule has 0 atom stereocenters. The summed E-state index contributed by atoms with van der Waals surface area (Å²) in [6.45, 7) is 4.90. The van der Waals surface area contributed by atoms with Gasteiger partial charge < -0.3 is 10.2 Å². The maximum Gasteiger partial charge on any atom is 0.225 e. The Kier molecular flexibility index (Phi) is 4.82. The summed E-state index contributed by atoms with van der Waals surface area (Å²) in [5.41, 5.74) is 0. The van der Waals surface area contributed by atoms with E-state index in [0.717, 1.165) is 58.4 Å². The Hall–Kier alpha value is -1.05. The van der Waals surface area contributed by atoms with E-state index in [2.05, 4.69) is 21.0 Å². The largest absolute Gasteiger partial charge is 0.342 e. The Morgan fingerprint density at radius 1 is 1.00 bits per heavy atom. The van der Waals surface area contributed by atoms with Gasteiger partial charge >= 0.3 is 0 Å². The number of likely N-dealkylation sites (tertiary alicyclic amines) is 2. The molecule has 116 valence electrons. The molecule has 21 heavy (non-hydrogen) atoms. The molecule has 0 spiro atoms. The lowest BCUT2D eigenvalue weighted by molar-refractivity contribution is -0.133. The number of carbonyl (C=O) groups is 1. The Labute approximate surface area is 128 Å². The van der Waals surface area contributed by atoms with Crippen LogP contribution in [-0.4, -0.2) is 60.5 Å². The van der Waals surface area contributed by atoms with Crippen LogP contribution in [0.1, 0.15) is 38.5 Å². The van der Waals surface area contributed by atoms with Crippen LogP contribution in [-0.2, 0) is 4.79 Å². The summed E-state index contributed by atoms with van der Waals surface area (Å²) >= 11 is 0. The molecule has 3 rings (SSSR count). The fourth-order valence-electron chi connectivity index (χ4n) is 3.58. The van der Waals surface area contributed by atoms with Crippen molar-refractivity contribution in [1.82, 2.24) is 15.1 Å². The summed E-state index contributed by atoms with van der Waals surface area (Å²) in [7, 11) is 0. The van der Waals surface area contributed by atoms with Crippen molar-refractivity contribution in [1.29, 1.82) is 0 Å². The van der Waals surface area contributed by atoms with Gasteiger partial charge in [-0.25, -0.2) is 0 Å². The first-order valence-electron chi connectivity index (χ1n) is 8.47. The number of rotatable bonds is 4. The van der Waals surface area contributed by atoms with Crippen molar-refractivity contribution in [3.63, 3.8) is 0 Å². The Morgan fingerprint density at radius 2 is 1.57 bits per heavy atom. The third-order valence-electron chi connectivity index (χ3n) is 5.11.